The predicted molar refractivity (Wildman–Crippen MR) is 101 cm³/mol. The van der Waals surface area contributed by atoms with Crippen LogP contribution in [0.2, 0.25) is 0 Å². The molecule has 3 aromatic rings. The molecule has 8 heteroatoms. The molecule has 6 nitrogen and oxygen atoms in total. The molecule has 1 saturated heterocycles. The van der Waals surface area contributed by atoms with E-state index in [-0.39, 0.29) is 22.8 Å². The first kappa shape index (κ1) is 18.5. The minimum absolute atomic E-state index is 0.173. The number of nitrogens with zero attached hydrogens (tertiary/aromatic N) is 4. The highest BCUT2D eigenvalue weighted by Gasteiger charge is 2.28. The maximum absolute atomic E-state index is 13.7. The average Bonchev–Trinajstić information content (AvgIpc) is 3.17. The van der Waals surface area contributed by atoms with Crippen LogP contribution >= 0.6 is 0 Å². The van der Waals surface area contributed by atoms with Crippen LogP contribution in [0.4, 0.5) is 8.78 Å². The third-order valence-corrected chi connectivity index (χ3v) is 5.28. The fraction of sp³-hybridized carbons (Fsp3) is 0.350. The van der Waals surface area contributed by atoms with Gasteiger partial charge in [0, 0.05) is 5.56 Å². The molecule has 146 valence electrons. The van der Waals surface area contributed by atoms with Crippen molar-refractivity contribution < 1.29 is 18.5 Å². The molecule has 1 aromatic carbocycles. The molecule has 1 fully saturated rings. The molecule has 1 N–H and O–H groups in total. The second-order valence-electron chi connectivity index (χ2n) is 6.92. The van der Waals surface area contributed by atoms with Crippen molar-refractivity contribution in [2.45, 2.75) is 13.3 Å². The standard InChI is InChI=1S/C20H21F2N5O/c1-2-25-8-10-26(11-9-25)20(28)15-13-23-27-17(18(21)22)12-16(24-19(15)27)14-6-4-3-5-7-14/h3-7,12-13,18H,2,8-11H2,1H3/p+1. The van der Waals surface area contributed by atoms with Crippen molar-refractivity contribution in [2.24, 2.45) is 0 Å². The van der Waals surface area contributed by atoms with Crippen LogP contribution in [0.5, 0.6) is 0 Å². The van der Waals surface area contributed by atoms with Gasteiger partial charge in [0.05, 0.1) is 44.6 Å². The molecular formula is C20H22F2N5O+. The molecule has 28 heavy (non-hydrogen) atoms. The number of hydrogen-bond donors (Lipinski definition) is 1. The molecule has 3 heterocycles. The smallest absolute Gasteiger partial charge is 0.280 e. The average molecular weight is 386 g/mol. The molecule has 0 spiro atoms. The number of carbonyl (C=O) groups excluding carboxylic acids is 1. The molecule has 0 unspecified atom stereocenters. The lowest BCUT2D eigenvalue weighted by atomic mass is 10.1. The van der Waals surface area contributed by atoms with Crippen LogP contribution in [-0.2, 0) is 0 Å². The van der Waals surface area contributed by atoms with Crippen LogP contribution in [-0.4, -0.2) is 58.1 Å². The highest BCUT2D eigenvalue weighted by Crippen LogP contribution is 2.27. The number of benzene rings is 1. The number of fused-ring (bicyclic) bond motifs is 1. The lowest BCUT2D eigenvalue weighted by Crippen LogP contribution is -3.14. The van der Waals surface area contributed by atoms with E-state index in [2.05, 4.69) is 17.0 Å². The first-order valence-electron chi connectivity index (χ1n) is 9.43. The van der Waals surface area contributed by atoms with Crippen molar-refractivity contribution in [2.75, 3.05) is 32.7 Å². The predicted octanol–water partition coefficient (Wildman–Crippen LogP) is 1.69. The SMILES string of the molecule is CC[NH+]1CCN(C(=O)c2cnn3c(C(F)F)cc(-c4ccccc4)nc23)CC1. The van der Waals surface area contributed by atoms with Crippen LogP contribution < -0.4 is 4.90 Å². The summed E-state index contributed by atoms with van der Waals surface area (Å²) < 4.78 is 28.4. The minimum atomic E-state index is -2.73. The van der Waals surface area contributed by atoms with Crippen LogP contribution in [0.3, 0.4) is 0 Å². The molecule has 2 aromatic heterocycles. The second kappa shape index (κ2) is 7.63. The number of nitrogens with one attached hydrogen (secondary N) is 1. The van der Waals surface area contributed by atoms with Gasteiger partial charge in [0.15, 0.2) is 5.65 Å². The summed E-state index contributed by atoms with van der Waals surface area (Å²) in [6.45, 7) is 6.19. The van der Waals surface area contributed by atoms with Gasteiger partial charge in [0.25, 0.3) is 12.3 Å². The van der Waals surface area contributed by atoms with E-state index in [1.165, 1.54) is 17.2 Å². The van der Waals surface area contributed by atoms with E-state index in [1.54, 1.807) is 17.0 Å². The van der Waals surface area contributed by atoms with Gasteiger partial charge in [0.1, 0.15) is 11.3 Å². The topological polar surface area (TPSA) is 54.9 Å². The van der Waals surface area contributed by atoms with Gasteiger partial charge in [-0.3, -0.25) is 4.79 Å². The summed E-state index contributed by atoms with van der Waals surface area (Å²) in [5.74, 6) is -0.205. The molecule has 0 atom stereocenters. The van der Waals surface area contributed by atoms with Crippen molar-refractivity contribution in [3.05, 3.63) is 53.9 Å². The number of likely N-dealkylation sites (N-methyl/N-ethyl adjacent to an activating group) is 1. The Bertz CT molecular complexity index is 981. The van der Waals surface area contributed by atoms with Gasteiger partial charge in [-0.15, -0.1) is 0 Å². The van der Waals surface area contributed by atoms with Crippen LogP contribution in [0, 0.1) is 0 Å². The van der Waals surface area contributed by atoms with Crippen molar-refractivity contribution >= 4 is 11.6 Å². The third-order valence-electron chi connectivity index (χ3n) is 5.28. The fourth-order valence-electron chi connectivity index (χ4n) is 3.60. The Labute approximate surface area is 161 Å². The summed E-state index contributed by atoms with van der Waals surface area (Å²) in [5, 5.41) is 4.04. The number of alkyl halides is 2. The Morgan fingerprint density at radius 1 is 1.21 bits per heavy atom. The quantitative estimate of drug-likeness (QED) is 0.743. The van der Waals surface area contributed by atoms with Crippen molar-refractivity contribution in [3.8, 4) is 11.3 Å². The number of aromatic nitrogens is 3. The van der Waals surface area contributed by atoms with Crippen LogP contribution in [0.25, 0.3) is 16.9 Å². The molecule has 0 saturated carbocycles. The van der Waals surface area contributed by atoms with E-state index < -0.39 is 6.43 Å². The molecule has 1 aliphatic rings. The Morgan fingerprint density at radius 2 is 1.93 bits per heavy atom. The number of quaternary nitrogens is 1. The summed E-state index contributed by atoms with van der Waals surface area (Å²) >= 11 is 0. The van der Waals surface area contributed by atoms with Gasteiger partial charge in [0.2, 0.25) is 0 Å². The summed E-state index contributed by atoms with van der Waals surface area (Å²) in [7, 11) is 0. The number of rotatable bonds is 4. The zero-order valence-electron chi connectivity index (χ0n) is 15.6. The van der Waals surface area contributed by atoms with Gasteiger partial charge in [-0.2, -0.15) is 5.10 Å². The Hall–Kier alpha value is -2.87. The van der Waals surface area contributed by atoms with Crippen molar-refractivity contribution in [1.82, 2.24) is 19.5 Å². The van der Waals surface area contributed by atoms with Gasteiger partial charge in [-0.25, -0.2) is 18.3 Å². The Kier molecular flexibility index (Phi) is 5.04. The summed E-state index contributed by atoms with van der Waals surface area (Å²) in [4.78, 5) is 20.8. The highest BCUT2D eigenvalue weighted by atomic mass is 19.3. The van der Waals surface area contributed by atoms with E-state index in [9.17, 15) is 13.6 Å². The van der Waals surface area contributed by atoms with Crippen molar-refractivity contribution in [1.29, 1.82) is 0 Å². The van der Waals surface area contributed by atoms with E-state index in [4.69, 9.17) is 0 Å². The molecule has 4 rings (SSSR count). The van der Waals surface area contributed by atoms with Gasteiger partial charge in [-0.05, 0) is 13.0 Å². The lowest BCUT2D eigenvalue weighted by Gasteiger charge is -2.31. The number of carbonyl (C=O) groups is 1. The van der Waals surface area contributed by atoms with E-state index in [1.807, 2.05) is 18.2 Å². The number of halogens is 2. The summed E-state index contributed by atoms with van der Waals surface area (Å²) in [5.41, 5.74) is 1.28. The van der Waals surface area contributed by atoms with E-state index in [0.717, 1.165) is 24.1 Å². The van der Waals surface area contributed by atoms with E-state index >= 15 is 0 Å². The molecule has 1 aliphatic heterocycles. The minimum Gasteiger partial charge on any atom is -0.332 e. The Balaban J connectivity index is 1.75. The molecular weight excluding hydrogens is 364 g/mol. The first-order chi connectivity index (χ1) is 13.6. The third kappa shape index (κ3) is 3.35. The molecule has 0 aliphatic carbocycles. The zero-order valence-corrected chi connectivity index (χ0v) is 15.6. The largest absolute Gasteiger partial charge is 0.332 e. The maximum atomic E-state index is 13.7. The highest BCUT2D eigenvalue weighted by molar-refractivity contribution is 6.00. The zero-order chi connectivity index (χ0) is 19.7. The van der Waals surface area contributed by atoms with Crippen LogP contribution in [0.15, 0.2) is 42.6 Å². The Morgan fingerprint density at radius 3 is 2.57 bits per heavy atom. The number of amides is 1. The van der Waals surface area contributed by atoms with Gasteiger partial charge in [-0.1, -0.05) is 30.3 Å². The number of hydrogen-bond acceptors (Lipinski definition) is 3. The second-order valence-corrected chi connectivity index (χ2v) is 6.92. The van der Waals surface area contributed by atoms with Gasteiger partial charge >= 0.3 is 0 Å². The lowest BCUT2D eigenvalue weighted by molar-refractivity contribution is -0.902. The normalized spacial score (nSPS) is 15.5. The summed E-state index contributed by atoms with van der Waals surface area (Å²) in [6, 6.07) is 10.4. The van der Waals surface area contributed by atoms with Gasteiger partial charge < -0.3 is 9.80 Å². The monoisotopic (exact) mass is 386 g/mol. The van der Waals surface area contributed by atoms with E-state index in [0.29, 0.717) is 24.3 Å². The molecule has 0 radical (unpaired) electrons. The van der Waals surface area contributed by atoms with Crippen molar-refractivity contribution in [3.63, 3.8) is 0 Å². The maximum Gasteiger partial charge on any atom is 0.280 e. The molecule has 0 bridgehead atoms. The number of piperazine rings is 1. The molecule has 1 amide bonds. The summed E-state index contributed by atoms with van der Waals surface area (Å²) in [6.07, 6.45) is -1.38. The van der Waals surface area contributed by atoms with Crippen LogP contribution in [0.1, 0.15) is 29.4 Å². The fourth-order valence-corrected chi connectivity index (χ4v) is 3.60. The first-order valence-corrected chi connectivity index (χ1v) is 9.43.